The summed E-state index contributed by atoms with van der Waals surface area (Å²) in [6, 6.07) is 11.4. The van der Waals surface area contributed by atoms with Crippen molar-refractivity contribution in [1.82, 2.24) is 10.0 Å². The molecule has 1 amide bonds. The van der Waals surface area contributed by atoms with Crippen molar-refractivity contribution in [3.05, 3.63) is 54.6 Å². The normalized spacial score (nSPS) is 18.7. The minimum Gasteiger partial charge on any atom is -0.478 e. The number of sulfonamides is 1. The summed E-state index contributed by atoms with van der Waals surface area (Å²) in [4.78, 5) is 22.7. The third-order valence-corrected chi connectivity index (χ3v) is 6.00. The molecule has 1 saturated heterocycles. The SMILES string of the molecule is O=C(O)C=C[C@H](C[C@@H]1CCNC1=O)NS(=O)(=O)c1ccc2ccccc2c1. The van der Waals surface area contributed by atoms with E-state index in [0.717, 1.165) is 16.8 Å². The van der Waals surface area contributed by atoms with Crippen molar-refractivity contribution >= 4 is 32.7 Å². The van der Waals surface area contributed by atoms with Gasteiger partial charge in [0.05, 0.1) is 4.90 Å². The number of nitrogens with one attached hydrogen (secondary N) is 2. The van der Waals surface area contributed by atoms with Gasteiger partial charge < -0.3 is 10.4 Å². The van der Waals surface area contributed by atoms with Gasteiger partial charge >= 0.3 is 5.97 Å². The van der Waals surface area contributed by atoms with E-state index in [1.54, 1.807) is 12.1 Å². The van der Waals surface area contributed by atoms with Crippen LogP contribution in [0.5, 0.6) is 0 Å². The maximum absolute atomic E-state index is 12.8. The van der Waals surface area contributed by atoms with Crippen LogP contribution in [0, 0.1) is 5.92 Å². The second-order valence-electron chi connectivity index (χ2n) is 6.45. The molecule has 0 aliphatic carbocycles. The molecule has 0 spiro atoms. The number of fused-ring (bicyclic) bond motifs is 1. The molecule has 142 valence electrons. The van der Waals surface area contributed by atoms with E-state index in [-0.39, 0.29) is 23.1 Å². The number of carbonyl (C=O) groups is 2. The first kappa shape index (κ1) is 19.1. The van der Waals surface area contributed by atoms with Crippen LogP contribution in [-0.4, -0.2) is 38.0 Å². The van der Waals surface area contributed by atoms with Crippen LogP contribution in [0.3, 0.4) is 0 Å². The van der Waals surface area contributed by atoms with Crippen molar-refractivity contribution in [1.29, 1.82) is 0 Å². The molecule has 1 heterocycles. The molecule has 0 saturated carbocycles. The summed E-state index contributed by atoms with van der Waals surface area (Å²) in [7, 11) is -3.88. The summed E-state index contributed by atoms with van der Waals surface area (Å²) in [6.45, 7) is 0.538. The molecule has 2 atom stereocenters. The van der Waals surface area contributed by atoms with Gasteiger partial charge in [-0.3, -0.25) is 4.79 Å². The fourth-order valence-electron chi connectivity index (χ4n) is 3.14. The van der Waals surface area contributed by atoms with E-state index >= 15 is 0 Å². The molecule has 3 N–H and O–H groups in total. The molecule has 8 heteroatoms. The predicted molar refractivity (Wildman–Crippen MR) is 101 cm³/mol. The number of hydrogen-bond acceptors (Lipinski definition) is 4. The van der Waals surface area contributed by atoms with Crippen LogP contribution in [0.4, 0.5) is 0 Å². The van der Waals surface area contributed by atoms with Gasteiger partial charge in [0.1, 0.15) is 0 Å². The molecule has 1 fully saturated rings. The van der Waals surface area contributed by atoms with Crippen molar-refractivity contribution < 1.29 is 23.1 Å². The molecule has 0 radical (unpaired) electrons. The Morgan fingerprint density at radius 1 is 1.26 bits per heavy atom. The van der Waals surface area contributed by atoms with Gasteiger partial charge in [-0.1, -0.05) is 36.4 Å². The highest BCUT2D eigenvalue weighted by molar-refractivity contribution is 7.89. The van der Waals surface area contributed by atoms with Gasteiger partial charge in [0, 0.05) is 24.6 Å². The lowest BCUT2D eigenvalue weighted by atomic mass is 9.99. The van der Waals surface area contributed by atoms with E-state index in [4.69, 9.17) is 5.11 Å². The summed E-state index contributed by atoms with van der Waals surface area (Å²) in [5.74, 6) is -1.68. The standard InChI is InChI=1S/C19H20N2O5S/c22-18(23)8-6-16(11-15-9-10-20-19(15)24)21-27(25,26)17-7-5-13-3-1-2-4-14(13)12-17/h1-8,12,15-16,21H,9-11H2,(H,20,24)(H,22,23)/t15-,16+/m0/s1. The number of amides is 1. The van der Waals surface area contributed by atoms with Crippen molar-refractivity contribution in [3.8, 4) is 0 Å². The van der Waals surface area contributed by atoms with Crippen LogP contribution in [0.1, 0.15) is 12.8 Å². The number of aliphatic carboxylic acids is 1. The maximum Gasteiger partial charge on any atom is 0.328 e. The van der Waals surface area contributed by atoms with E-state index in [1.165, 1.54) is 12.1 Å². The van der Waals surface area contributed by atoms with E-state index < -0.39 is 22.0 Å². The third kappa shape index (κ3) is 4.72. The maximum atomic E-state index is 12.8. The summed E-state index contributed by atoms with van der Waals surface area (Å²) >= 11 is 0. The zero-order chi connectivity index (χ0) is 19.4. The molecule has 27 heavy (non-hydrogen) atoms. The minimum atomic E-state index is -3.88. The van der Waals surface area contributed by atoms with Crippen LogP contribution >= 0.6 is 0 Å². The zero-order valence-corrected chi connectivity index (χ0v) is 15.3. The number of carboxylic acid groups (broad SMARTS) is 1. The molecule has 0 aromatic heterocycles. The molecule has 0 bridgehead atoms. The second-order valence-corrected chi connectivity index (χ2v) is 8.16. The van der Waals surface area contributed by atoms with Gasteiger partial charge in [-0.15, -0.1) is 0 Å². The van der Waals surface area contributed by atoms with Crippen LogP contribution in [0.2, 0.25) is 0 Å². The van der Waals surface area contributed by atoms with Crippen molar-refractivity contribution in [2.75, 3.05) is 6.54 Å². The van der Waals surface area contributed by atoms with Crippen LogP contribution in [0.15, 0.2) is 59.5 Å². The lowest BCUT2D eigenvalue weighted by Gasteiger charge is -2.18. The molecular formula is C19H20N2O5S. The lowest BCUT2D eigenvalue weighted by Crippen LogP contribution is -2.36. The van der Waals surface area contributed by atoms with Gasteiger partial charge in [0.2, 0.25) is 15.9 Å². The van der Waals surface area contributed by atoms with Crippen LogP contribution < -0.4 is 10.0 Å². The Bertz CT molecular complexity index is 1000. The molecule has 2 aromatic carbocycles. The van der Waals surface area contributed by atoms with Crippen molar-refractivity contribution in [3.63, 3.8) is 0 Å². The Kier molecular flexibility index (Phi) is 5.57. The highest BCUT2D eigenvalue weighted by Crippen LogP contribution is 2.21. The average Bonchev–Trinajstić information content (AvgIpc) is 3.03. The number of rotatable bonds is 7. The van der Waals surface area contributed by atoms with Gasteiger partial charge in [-0.25, -0.2) is 17.9 Å². The quantitative estimate of drug-likeness (QED) is 0.625. The van der Waals surface area contributed by atoms with Crippen LogP contribution in [0.25, 0.3) is 10.8 Å². The molecule has 1 aliphatic rings. The Balaban J connectivity index is 1.85. The second kappa shape index (κ2) is 7.89. The number of carbonyl (C=O) groups excluding carboxylic acids is 1. The van der Waals surface area contributed by atoms with Gasteiger partial charge in [0.15, 0.2) is 0 Å². The number of hydrogen-bond donors (Lipinski definition) is 3. The van der Waals surface area contributed by atoms with Gasteiger partial charge in [-0.05, 0) is 35.7 Å². The monoisotopic (exact) mass is 388 g/mol. The van der Waals surface area contributed by atoms with Gasteiger partial charge in [-0.2, -0.15) is 0 Å². The third-order valence-electron chi connectivity index (χ3n) is 4.51. The molecule has 7 nitrogen and oxygen atoms in total. The minimum absolute atomic E-state index is 0.0887. The Morgan fingerprint density at radius 2 is 2.00 bits per heavy atom. The molecule has 1 aliphatic heterocycles. The Morgan fingerprint density at radius 3 is 2.67 bits per heavy atom. The molecule has 0 unspecified atom stereocenters. The number of benzene rings is 2. The summed E-state index contributed by atoms with van der Waals surface area (Å²) in [5, 5.41) is 13.3. The zero-order valence-electron chi connectivity index (χ0n) is 14.5. The summed E-state index contributed by atoms with van der Waals surface area (Å²) in [5.41, 5.74) is 0. The Labute approximate surface area is 157 Å². The smallest absolute Gasteiger partial charge is 0.328 e. The van der Waals surface area contributed by atoms with E-state index in [9.17, 15) is 18.0 Å². The summed E-state index contributed by atoms with van der Waals surface area (Å²) in [6.07, 6.45) is 2.95. The highest BCUT2D eigenvalue weighted by atomic mass is 32.2. The highest BCUT2D eigenvalue weighted by Gasteiger charge is 2.28. The van der Waals surface area contributed by atoms with Crippen LogP contribution in [-0.2, 0) is 19.6 Å². The van der Waals surface area contributed by atoms with E-state index in [1.807, 2.05) is 24.3 Å². The predicted octanol–water partition coefficient (Wildman–Crippen LogP) is 1.65. The number of carboxylic acids is 1. The Hall–Kier alpha value is -2.71. The molecular weight excluding hydrogens is 368 g/mol. The first-order valence-corrected chi connectivity index (χ1v) is 10.0. The topological polar surface area (TPSA) is 113 Å². The van der Waals surface area contributed by atoms with E-state index in [2.05, 4.69) is 10.0 Å². The molecule has 3 rings (SSSR count). The lowest BCUT2D eigenvalue weighted by molar-refractivity contribution is -0.131. The van der Waals surface area contributed by atoms with Crippen molar-refractivity contribution in [2.45, 2.75) is 23.8 Å². The van der Waals surface area contributed by atoms with Gasteiger partial charge in [0.25, 0.3) is 0 Å². The van der Waals surface area contributed by atoms with E-state index in [0.29, 0.717) is 13.0 Å². The fraction of sp³-hybridized carbons (Fsp3) is 0.263. The summed E-state index contributed by atoms with van der Waals surface area (Å²) < 4.78 is 28.1. The van der Waals surface area contributed by atoms with Crippen molar-refractivity contribution in [2.24, 2.45) is 5.92 Å². The fourth-order valence-corrected chi connectivity index (χ4v) is 4.38. The average molecular weight is 388 g/mol. The molecule has 2 aromatic rings. The first-order valence-electron chi connectivity index (χ1n) is 8.55. The first-order chi connectivity index (χ1) is 12.8. The largest absolute Gasteiger partial charge is 0.478 e.